The molecule has 0 aliphatic carbocycles. The zero-order chi connectivity index (χ0) is 11.8. The van der Waals surface area contributed by atoms with Crippen LogP contribution in [0.2, 0.25) is 0 Å². The van der Waals surface area contributed by atoms with E-state index in [2.05, 4.69) is 22.1 Å². The Balaban J connectivity index is 2.27. The summed E-state index contributed by atoms with van der Waals surface area (Å²) in [5.74, 6) is 1.00. The van der Waals surface area contributed by atoms with E-state index in [-0.39, 0.29) is 5.69 Å². The zero-order valence-electron chi connectivity index (χ0n) is 9.41. The smallest absolute Gasteiger partial charge is 0.295 e. The fourth-order valence-corrected chi connectivity index (χ4v) is 2.46. The largest absolute Gasteiger partial charge is 0.340 e. The minimum Gasteiger partial charge on any atom is -0.295 e. The molecule has 0 amide bonds. The lowest BCUT2D eigenvalue weighted by Crippen LogP contribution is -2.12. The Morgan fingerprint density at radius 1 is 1.31 bits per heavy atom. The van der Waals surface area contributed by atoms with E-state index in [1.807, 2.05) is 0 Å². The highest BCUT2D eigenvalue weighted by Gasteiger charge is 1.99. The van der Waals surface area contributed by atoms with Gasteiger partial charge in [0.25, 0.3) is 0 Å². The summed E-state index contributed by atoms with van der Waals surface area (Å²) >= 11 is 6.60. The van der Waals surface area contributed by atoms with Crippen LogP contribution in [0, 0.1) is 4.64 Å². The van der Waals surface area contributed by atoms with E-state index in [0.29, 0.717) is 9.67 Å². The molecule has 0 fully saturated rings. The number of nitrogens with zero attached hydrogens (tertiary/aromatic N) is 1. The van der Waals surface area contributed by atoms with E-state index in [4.69, 9.17) is 12.2 Å². The summed E-state index contributed by atoms with van der Waals surface area (Å²) in [5, 5.41) is 6.97. The van der Waals surface area contributed by atoms with Gasteiger partial charge in [0.15, 0.2) is 5.03 Å². The number of rotatable bonds is 7. The molecule has 0 atom stereocenters. The van der Waals surface area contributed by atoms with Crippen LogP contribution in [0.4, 0.5) is 0 Å². The van der Waals surface area contributed by atoms with E-state index in [9.17, 15) is 4.79 Å². The summed E-state index contributed by atoms with van der Waals surface area (Å²) in [6, 6.07) is 0. The summed E-state index contributed by atoms with van der Waals surface area (Å²) < 4.78 is 0.433. The van der Waals surface area contributed by atoms with Crippen molar-refractivity contribution in [2.75, 3.05) is 5.75 Å². The van der Waals surface area contributed by atoms with Gasteiger partial charge in [-0.3, -0.25) is 4.98 Å². The van der Waals surface area contributed by atoms with Gasteiger partial charge in [-0.1, -0.05) is 44.8 Å². The first-order valence-electron chi connectivity index (χ1n) is 5.56. The third kappa shape index (κ3) is 4.94. The number of hydrogen-bond donors (Lipinski definition) is 2. The molecule has 0 aromatic carbocycles. The molecule has 1 aromatic heterocycles. The van der Waals surface area contributed by atoms with E-state index in [1.165, 1.54) is 32.1 Å². The lowest BCUT2D eigenvalue weighted by atomic mass is 10.2. The SMILES string of the molecule is CCCCCCCSc1n[nH]c(=O)[nH]c1=S. The molecule has 0 aliphatic rings. The Morgan fingerprint density at radius 3 is 2.75 bits per heavy atom. The van der Waals surface area contributed by atoms with Gasteiger partial charge >= 0.3 is 5.69 Å². The van der Waals surface area contributed by atoms with Gasteiger partial charge in [0.05, 0.1) is 0 Å². The van der Waals surface area contributed by atoms with Crippen molar-refractivity contribution in [2.24, 2.45) is 0 Å². The van der Waals surface area contributed by atoms with Crippen LogP contribution in [0.25, 0.3) is 0 Å². The second-order valence-electron chi connectivity index (χ2n) is 3.57. The molecule has 0 spiro atoms. The number of nitrogens with one attached hydrogen (secondary N) is 2. The lowest BCUT2D eigenvalue weighted by molar-refractivity contribution is 0.659. The summed E-state index contributed by atoms with van der Waals surface area (Å²) in [5.41, 5.74) is -0.350. The number of aromatic amines is 2. The number of H-pyrrole nitrogens is 2. The maximum atomic E-state index is 10.8. The van der Waals surface area contributed by atoms with Crippen LogP contribution < -0.4 is 5.69 Å². The molecule has 0 saturated heterocycles. The van der Waals surface area contributed by atoms with Crippen LogP contribution in [-0.2, 0) is 0 Å². The molecular weight excluding hydrogens is 242 g/mol. The van der Waals surface area contributed by atoms with Gasteiger partial charge < -0.3 is 0 Å². The highest BCUT2D eigenvalue weighted by Crippen LogP contribution is 2.16. The van der Waals surface area contributed by atoms with Crippen molar-refractivity contribution in [1.82, 2.24) is 15.2 Å². The van der Waals surface area contributed by atoms with Crippen molar-refractivity contribution in [3.63, 3.8) is 0 Å². The summed E-state index contributed by atoms with van der Waals surface area (Å²) in [6.07, 6.45) is 6.28. The maximum Gasteiger partial charge on any atom is 0.340 e. The minimum atomic E-state index is -0.350. The molecule has 4 nitrogen and oxygen atoms in total. The maximum absolute atomic E-state index is 10.8. The van der Waals surface area contributed by atoms with E-state index >= 15 is 0 Å². The first-order valence-corrected chi connectivity index (χ1v) is 6.95. The van der Waals surface area contributed by atoms with Crippen molar-refractivity contribution in [2.45, 2.75) is 44.1 Å². The zero-order valence-corrected chi connectivity index (χ0v) is 11.0. The summed E-state index contributed by atoms with van der Waals surface area (Å²) in [7, 11) is 0. The molecule has 16 heavy (non-hydrogen) atoms. The fraction of sp³-hybridized carbons (Fsp3) is 0.700. The van der Waals surface area contributed by atoms with Gasteiger partial charge in [-0.05, 0) is 12.2 Å². The molecule has 0 aliphatic heterocycles. The molecule has 0 saturated carbocycles. The lowest BCUT2D eigenvalue weighted by Gasteiger charge is -2.00. The molecule has 1 aromatic rings. The van der Waals surface area contributed by atoms with Gasteiger partial charge in [0.2, 0.25) is 0 Å². The Bertz CT molecular complexity index is 413. The van der Waals surface area contributed by atoms with E-state index < -0.39 is 0 Å². The van der Waals surface area contributed by atoms with Crippen molar-refractivity contribution in [3.05, 3.63) is 15.1 Å². The predicted molar refractivity (Wildman–Crippen MR) is 69.5 cm³/mol. The fourth-order valence-electron chi connectivity index (χ4n) is 1.31. The first kappa shape index (κ1) is 13.4. The van der Waals surface area contributed by atoms with Gasteiger partial charge in [-0.15, -0.1) is 11.8 Å². The quantitative estimate of drug-likeness (QED) is 0.449. The third-order valence-corrected chi connectivity index (χ3v) is 3.65. The number of thioether (sulfide) groups is 1. The van der Waals surface area contributed by atoms with Gasteiger partial charge in [-0.25, -0.2) is 9.89 Å². The Labute approximate surface area is 104 Å². The van der Waals surface area contributed by atoms with Gasteiger partial charge in [0, 0.05) is 0 Å². The number of hydrogen-bond acceptors (Lipinski definition) is 4. The van der Waals surface area contributed by atoms with Crippen molar-refractivity contribution in [1.29, 1.82) is 0 Å². The topological polar surface area (TPSA) is 61.5 Å². The highest BCUT2D eigenvalue weighted by atomic mass is 32.2. The molecule has 0 unspecified atom stereocenters. The number of unbranched alkanes of at least 4 members (excludes halogenated alkanes) is 4. The second-order valence-corrected chi connectivity index (χ2v) is 5.07. The minimum absolute atomic E-state index is 0.350. The molecule has 1 rings (SSSR count). The predicted octanol–water partition coefficient (Wildman–Crippen LogP) is 2.89. The average molecular weight is 259 g/mol. The second kappa shape index (κ2) is 7.62. The monoisotopic (exact) mass is 259 g/mol. The molecule has 1 heterocycles. The third-order valence-electron chi connectivity index (χ3n) is 2.17. The van der Waals surface area contributed by atoms with Crippen molar-refractivity contribution >= 4 is 24.0 Å². The van der Waals surface area contributed by atoms with Crippen LogP contribution in [0.15, 0.2) is 9.82 Å². The molecule has 0 bridgehead atoms. The summed E-state index contributed by atoms with van der Waals surface area (Å²) in [4.78, 5) is 13.4. The normalized spacial score (nSPS) is 10.6. The standard InChI is InChI=1S/C10H17N3OS2/c1-2-3-4-5-6-7-16-9-8(15)11-10(14)13-12-9/h2-7H2,1H3,(H2,11,13,14,15). The Kier molecular flexibility index (Phi) is 6.40. The van der Waals surface area contributed by atoms with Gasteiger partial charge in [-0.2, -0.15) is 5.10 Å². The van der Waals surface area contributed by atoms with Crippen molar-refractivity contribution < 1.29 is 0 Å². The van der Waals surface area contributed by atoms with Crippen LogP contribution in [-0.4, -0.2) is 20.9 Å². The van der Waals surface area contributed by atoms with Crippen LogP contribution in [0.3, 0.4) is 0 Å². The van der Waals surface area contributed by atoms with E-state index in [0.717, 1.165) is 5.75 Å². The Morgan fingerprint density at radius 2 is 2.06 bits per heavy atom. The van der Waals surface area contributed by atoms with Crippen LogP contribution in [0.1, 0.15) is 39.0 Å². The Hall–Kier alpha value is -0.620. The van der Waals surface area contributed by atoms with Gasteiger partial charge in [0.1, 0.15) is 4.64 Å². The molecule has 0 radical (unpaired) electrons. The average Bonchev–Trinajstić information content (AvgIpc) is 2.26. The van der Waals surface area contributed by atoms with Crippen molar-refractivity contribution in [3.8, 4) is 0 Å². The highest BCUT2D eigenvalue weighted by molar-refractivity contribution is 7.99. The van der Waals surface area contributed by atoms with Crippen LogP contribution in [0.5, 0.6) is 0 Å². The molecular formula is C10H17N3OS2. The number of aromatic nitrogens is 3. The molecule has 6 heteroatoms. The summed E-state index contributed by atoms with van der Waals surface area (Å²) in [6.45, 7) is 2.21. The molecule has 2 N–H and O–H groups in total. The van der Waals surface area contributed by atoms with E-state index in [1.54, 1.807) is 11.8 Å². The van der Waals surface area contributed by atoms with Crippen LogP contribution >= 0.6 is 24.0 Å². The molecule has 90 valence electrons. The first-order chi connectivity index (χ1) is 7.74.